The highest BCUT2D eigenvalue weighted by Crippen LogP contribution is 2.27. The molecule has 1 atom stereocenters. The number of nitro benzene ring substituents is 1. The second kappa shape index (κ2) is 4.89. The van der Waals surface area contributed by atoms with Crippen molar-refractivity contribution in [2.75, 3.05) is 18.5 Å². The van der Waals surface area contributed by atoms with E-state index >= 15 is 0 Å². The van der Waals surface area contributed by atoms with E-state index in [2.05, 4.69) is 5.32 Å². The van der Waals surface area contributed by atoms with Crippen LogP contribution in [-0.4, -0.2) is 23.7 Å². The largest absolute Gasteiger partial charge is 0.380 e. The zero-order valence-corrected chi connectivity index (χ0v) is 10.1. The fourth-order valence-corrected chi connectivity index (χ4v) is 2.02. The maximum Gasteiger partial charge on any atom is 0.272 e. The van der Waals surface area contributed by atoms with E-state index in [4.69, 9.17) is 4.74 Å². The van der Waals surface area contributed by atoms with Gasteiger partial charge in [-0.3, -0.25) is 10.1 Å². The van der Waals surface area contributed by atoms with E-state index in [0.717, 1.165) is 25.5 Å². The van der Waals surface area contributed by atoms with Crippen molar-refractivity contribution in [3.63, 3.8) is 0 Å². The summed E-state index contributed by atoms with van der Waals surface area (Å²) in [5, 5.41) is 13.4. The van der Waals surface area contributed by atoms with Gasteiger partial charge in [0.15, 0.2) is 5.82 Å². The van der Waals surface area contributed by atoms with Crippen molar-refractivity contribution in [2.24, 2.45) is 0 Å². The Morgan fingerprint density at radius 2 is 2.39 bits per heavy atom. The molecule has 1 aromatic rings. The van der Waals surface area contributed by atoms with Gasteiger partial charge in [-0.15, -0.1) is 0 Å². The second-order valence-corrected chi connectivity index (χ2v) is 4.68. The molecule has 0 saturated carbocycles. The number of halogens is 1. The number of hydrogen-bond acceptors (Lipinski definition) is 4. The van der Waals surface area contributed by atoms with Gasteiger partial charge in [0, 0.05) is 19.2 Å². The Morgan fingerprint density at radius 1 is 1.61 bits per heavy atom. The first-order chi connectivity index (χ1) is 8.50. The molecule has 1 aromatic carbocycles. The highest BCUT2D eigenvalue weighted by molar-refractivity contribution is 5.50. The summed E-state index contributed by atoms with van der Waals surface area (Å²) in [6.07, 6.45) is 1.93. The third-order valence-corrected chi connectivity index (χ3v) is 3.12. The summed E-state index contributed by atoms with van der Waals surface area (Å²) in [4.78, 5) is 9.86. The lowest BCUT2D eigenvalue weighted by atomic mass is 10.0. The van der Waals surface area contributed by atoms with E-state index in [1.54, 1.807) is 0 Å². The van der Waals surface area contributed by atoms with Gasteiger partial charge in [-0.05, 0) is 25.8 Å². The average Bonchev–Trinajstić information content (AvgIpc) is 2.75. The van der Waals surface area contributed by atoms with E-state index in [9.17, 15) is 14.5 Å². The molecule has 18 heavy (non-hydrogen) atoms. The van der Waals surface area contributed by atoms with E-state index in [0.29, 0.717) is 6.54 Å². The predicted molar refractivity (Wildman–Crippen MR) is 65.1 cm³/mol. The Bertz CT molecular complexity index is 459. The maximum atomic E-state index is 13.6. The van der Waals surface area contributed by atoms with Crippen LogP contribution in [0.3, 0.4) is 0 Å². The molecule has 0 aromatic heterocycles. The number of anilines is 1. The van der Waals surface area contributed by atoms with Crippen molar-refractivity contribution < 1.29 is 14.1 Å². The predicted octanol–water partition coefficient (Wildman–Crippen LogP) is 2.71. The summed E-state index contributed by atoms with van der Waals surface area (Å²) in [7, 11) is 0. The van der Waals surface area contributed by atoms with Crippen LogP contribution >= 0.6 is 0 Å². The summed E-state index contributed by atoms with van der Waals surface area (Å²) in [5.41, 5.74) is -0.271. The van der Waals surface area contributed by atoms with Crippen LogP contribution in [0.2, 0.25) is 0 Å². The lowest BCUT2D eigenvalue weighted by Gasteiger charge is -2.24. The van der Waals surface area contributed by atoms with E-state index in [1.807, 2.05) is 6.92 Å². The first-order valence-corrected chi connectivity index (χ1v) is 5.82. The number of nitro groups is 1. The van der Waals surface area contributed by atoms with Gasteiger partial charge in [0.25, 0.3) is 5.69 Å². The first kappa shape index (κ1) is 12.8. The highest BCUT2D eigenvalue weighted by Gasteiger charge is 2.29. The van der Waals surface area contributed by atoms with Crippen molar-refractivity contribution in [1.82, 2.24) is 0 Å². The van der Waals surface area contributed by atoms with Gasteiger partial charge in [-0.1, -0.05) is 0 Å². The van der Waals surface area contributed by atoms with Crippen LogP contribution < -0.4 is 5.32 Å². The fraction of sp³-hybridized carbons (Fsp3) is 0.500. The summed E-state index contributed by atoms with van der Waals surface area (Å²) in [6.45, 7) is 3.18. The molecule has 98 valence electrons. The Kier molecular flexibility index (Phi) is 3.47. The van der Waals surface area contributed by atoms with Crippen molar-refractivity contribution in [3.8, 4) is 0 Å². The average molecular weight is 254 g/mol. The van der Waals surface area contributed by atoms with E-state index in [1.165, 1.54) is 12.1 Å². The van der Waals surface area contributed by atoms with Gasteiger partial charge < -0.3 is 10.1 Å². The summed E-state index contributed by atoms with van der Waals surface area (Å²) in [5.74, 6) is -0.620. The quantitative estimate of drug-likeness (QED) is 0.662. The van der Waals surface area contributed by atoms with Gasteiger partial charge in [0.05, 0.1) is 22.3 Å². The molecule has 0 bridgehead atoms. The molecule has 6 heteroatoms. The minimum atomic E-state index is -0.620. The second-order valence-electron chi connectivity index (χ2n) is 4.68. The molecular formula is C12H15FN2O3. The van der Waals surface area contributed by atoms with Crippen molar-refractivity contribution >= 4 is 11.4 Å². The minimum absolute atomic E-state index is 0.249. The Balaban J connectivity index is 2.03. The molecule has 1 unspecified atom stereocenters. The minimum Gasteiger partial charge on any atom is -0.380 e. The van der Waals surface area contributed by atoms with Crippen molar-refractivity contribution in [1.29, 1.82) is 0 Å². The van der Waals surface area contributed by atoms with Crippen LogP contribution in [0.25, 0.3) is 0 Å². The lowest BCUT2D eigenvalue weighted by Crippen LogP contribution is -2.32. The first-order valence-electron chi connectivity index (χ1n) is 5.82. The van der Waals surface area contributed by atoms with Gasteiger partial charge in [-0.2, -0.15) is 0 Å². The van der Waals surface area contributed by atoms with E-state index in [-0.39, 0.29) is 17.0 Å². The number of nitrogens with zero attached hydrogens (tertiary/aromatic N) is 1. The zero-order valence-electron chi connectivity index (χ0n) is 10.1. The van der Waals surface area contributed by atoms with Crippen LogP contribution in [0.5, 0.6) is 0 Å². The third-order valence-electron chi connectivity index (χ3n) is 3.12. The molecule has 1 saturated heterocycles. The molecule has 1 fully saturated rings. The third kappa shape index (κ3) is 2.76. The highest BCUT2D eigenvalue weighted by atomic mass is 19.1. The fourth-order valence-electron chi connectivity index (χ4n) is 2.02. The van der Waals surface area contributed by atoms with Crippen LogP contribution in [0.4, 0.5) is 15.8 Å². The lowest BCUT2D eigenvalue weighted by molar-refractivity contribution is -0.385. The normalized spacial score (nSPS) is 23.0. The standard InChI is InChI=1S/C12H15FN2O3/c1-12(5-2-6-18-12)8-14-11-4-3-9(15(16)17)7-10(11)13/h3-4,7,14H,2,5-6,8H2,1H3. The van der Waals surface area contributed by atoms with Crippen LogP contribution in [0.15, 0.2) is 18.2 Å². The molecule has 0 aliphatic carbocycles. The summed E-state index contributed by atoms with van der Waals surface area (Å²) < 4.78 is 19.2. The number of hydrogen-bond donors (Lipinski definition) is 1. The van der Waals surface area contributed by atoms with Crippen LogP contribution in [0, 0.1) is 15.9 Å². The van der Waals surface area contributed by atoms with E-state index < -0.39 is 10.7 Å². The maximum absolute atomic E-state index is 13.6. The Morgan fingerprint density at radius 3 is 2.94 bits per heavy atom. The molecule has 0 spiro atoms. The van der Waals surface area contributed by atoms with Crippen LogP contribution in [0.1, 0.15) is 19.8 Å². The molecule has 1 aliphatic heterocycles. The Labute approximate surface area is 104 Å². The zero-order chi connectivity index (χ0) is 13.2. The van der Waals surface area contributed by atoms with Gasteiger partial charge in [0.1, 0.15) is 0 Å². The van der Waals surface area contributed by atoms with Crippen LogP contribution in [-0.2, 0) is 4.74 Å². The number of ether oxygens (including phenoxy) is 1. The molecule has 1 aliphatic rings. The smallest absolute Gasteiger partial charge is 0.272 e. The number of nitrogens with one attached hydrogen (secondary N) is 1. The summed E-state index contributed by atoms with van der Waals surface area (Å²) >= 11 is 0. The van der Waals surface area contributed by atoms with Crippen molar-refractivity contribution in [3.05, 3.63) is 34.1 Å². The molecule has 5 nitrogen and oxygen atoms in total. The monoisotopic (exact) mass is 254 g/mol. The number of benzene rings is 1. The SMILES string of the molecule is CC1(CNc2ccc([N+](=O)[O-])cc2F)CCCO1. The van der Waals surface area contributed by atoms with Gasteiger partial charge in [-0.25, -0.2) is 4.39 Å². The van der Waals surface area contributed by atoms with Gasteiger partial charge in [0.2, 0.25) is 0 Å². The molecule has 0 radical (unpaired) electrons. The number of rotatable bonds is 4. The molecular weight excluding hydrogens is 239 g/mol. The number of non-ortho nitro benzene ring substituents is 1. The molecule has 1 N–H and O–H groups in total. The Hall–Kier alpha value is -1.69. The molecule has 0 amide bonds. The molecule has 1 heterocycles. The van der Waals surface area contributed by atoms with Crippen molar-refractivity contribution in [2.45, 2.75) is 25.4 Å². The molecule has 2 rings (SSSR count). The summed E-state index contributed by atoms with van der Waals surface area (Å²) in [6, 6.07) is 3.58. The topological polar surface area (TPSA) is 64.4 Å². The van der Waals surface area contributed by atoms with Gasteiger partial charge >= 0.3 is 0 Å².